The number of carbonyl (C=O) groups is 1. The number of hydrogen-bond acceptors (Lipinski definition) is 3. The smallest absolute Gasteiger partial charge is 0.359 e. The Balaban J connectivity index is 2.98. The van der Waals surface area contributed by atoms with Crippen LogP contribution in [0.4, 0.5) is 0 Å². The molecule has 0 aliphatic rings. The second-order valence-corrected chi connectivity index (χ2v) is 2.55. The zero-order valence-corrected chi connectivity index (χ0v) is 5.66. The molecule has 1 rings (SSSR count). The predicted octanol–water partition coefficient (Wildman–Crippen LogP) is -0.635. The SMILES string of the molecule is Cc1[nH+]c(C(N)=O)ns1. The van der Waals surface area contributed by atoms with Crippen LogP contribution in [0.5, 0.6) is 0 Å². The highest BCUT2D eigenvalue weighted by molar-refractivity contribution is 7.05. The van der Waals surface area contributed by atoms with Gasteiger partial charge in [-0.25, -0.2) is 4.98 Å². The van der Waals surface area contributed by atoms with Crippen molar-refractivity contribution in [3.63, 3.8) is 0 Å². The van der Waals surface area contributed by atoms with Crippen LogP contribution in [-0.4, -0.2) is 10.3 Å². The number of nitrogens with one attached hydrogen (secondary N) is 1. The number of primary amides is 1. The molecule has 9 heavy (non-hydrogen) atoms. The molecule has 0 aromatic carbocycles. The Bertz CT molecular complexity index is 231. The van der Waals surface area contributed by atoms with E-state index in [1.165, 1.54) is 11.5 Å². The Morgan fingerprint density at radius 3 is 2.78 bits per heavy atom. The van der Waals surface area contributed by atoms with Gasteiger partial charge in [0.1, 0.15) is 11.5 Å². The van der Waals surface area contributed by atoms with Crippen LogP contribution >= 0.6 is 11.5 Å². The molecule has 0 saturated carbocycles. The monoisotopic (exact) mass is 144 g/mol. The number of aromatic nitrogens is 2. The minimum atomic E-state index is -0.514. The van der Waals surface area contributed by atoms with Crippen LogP contribution in [0.1, 0.15) is 15.6 Å². The summed E-state index contributed by atoms with van der Waals surface area (Å²) in [6, 6.07) is 0. The van der Waals surface area contributed by atoms with Gasteiger partial charge in [-0.15, -0.1) is 0 Å². The molecule has 1 aromatic heterocycles. The maximum absolute atomic E-state index is 10.3. The Kier molecular flexibility index (Phi) is 1.44. The molecule has 0 bridgehead atoms. The maximum Gasteiger partial charge on any atom is 0.401 e. The first-order chi connectivity index (χ1) is 4.20. The topological polar surface area (TPSA) is 70.1 Å². The number of amides is 1. The lowest BCUT2D eigenvalue weighted by Crippen LogP contribution is -2.22. The van der Waals surface area contributed by atoms with Crippen molar-refractivity contribution in [3.8, 4) is 0 Å². The maximum atomic E-state index is 10.3. The number of aromatic amines is 1. The van der Waals surface area contributed by atoms with Gasteiger partial charge in [0.25, 0.3) is 0 Å². The van der Waals surface area contributed by atoms with Crippen LogP contribution in [0.25, 0.3) is 0 Å². The Morgan fingerprint density at radius 1 is 1.89 bits per heavy atom. The first-order valence-corrected chi connectivity index (χ1v) is 3.13. The van der Waals surface area contributed by atoms with Gasteiger partial charge in [-0.2, -0.15) is 0 Å². The van der Waals surface area contributed by atoms with E-state index in [0.29, 0.717) is 0 Å². The fourth-order valence-corrected chi connectivity index (χ4v) is 0.939. The zero-order chi connectivity index (χ0) is 6.85. The van der Waals surface area contributed by atoms with Crippen molar-refractivity contribution in [2.24, 2.45) is 5.73 Å². The number of nitrogens with two attached hydrogens (primary N) is 1. The average molecular weight is 144 g/mol. The Labute approximate surface area is 55.9 Å². The van der Waals surface area contributed by atoms with Gasteiger partial charge in [0.2, 0.25) is 0 Å². The highest BCUT2D eigenvalue weighted by atomic mass is 32.1. The molecule has 0 fully saturated rings. The fourth-order valence-electron chi connectivity index (χ4n) is 0.433. The summed E-state index contributed by atoms with van der Waals surface area (Å²) in [6.45, 7) is 1.82. The number of hydrogen-bond donors (Lipinski definition) is 1. The second-order valence-electron chi connectivity index (χ2n) is 1.58. The lowest BCUT2D eigenvalue weighted by Gasteiger charge is -1.71. The summed E-state index contributed by atoms with van der Waals surface area (Å²) in [5.41, 5.74) is 4.90. The van der Waals surface area contributed by atoms with Crippen LogP contribution in [0.2, 0.25) is 0 Å². The third-order valence-electron chi connectivity index (χ3n) is 0.802. The Morgan fingerprint density at radius 2 is 2.56 bits per heavy atom. The van der Waals surface area contributed by atoms with Crippen molar-refractivity contribution < 1.29 is 9.78 Å². The van der Waals surface area contributed by atoms with Crippen molar-refractivity contribution in [3.05, 3.63) is 10.8 Å². The molecule has 0 unspecified atom stereocenters. The molecule has 0 aliphatic carbocycles. The first kappa shape index (κ1) is 6.15. The van der Waals surface area contributed by atoms with Crippen molar-refractivity contribution in [2.45, 2.75) is 6.92 Å². The fraction of sp³-hybridized carbons (Fsp3) is 0.250. The number of rotatable bonds is 1. The van der Waals surface area contributed by atoms with Crippen molar-refractivity contribution in [1.82, 2.24) is 4.37 Å². The number of nitrogens with zero attached hydrogens (tertiary/aromatic N) is 1. The number of carbonyl (C=O) groups excluding carboxylic acids is 1. The zero-order valence-electron chi connectivity index (χ0n) is 4.84. The molecule has 48 valence electrons. The summed E-state index contributed by atoms with van der Waals surface area (Å²) in [5.74, 6) is -0.281. The predicted molar refractivity (Wildman–Crippen MR) is 31.9 cm³/mol. The summed E-state index contributed by atoms with van der Waals surface area (Å²) in [4.78, 5) is 13.1. The molecule has 1 aromatic rings. The van der Waals surface area contributed by atoms with Gasteiger partial charge in [0.05, 0.1) is 0 Å². The van der Waals surface area contributed by atoms with Crippen LogP contribution in [-0.2, 0) is 0 Å². The first-order valence-electron chi connectivity index (χ1n) is 2.35. The van der Waals surface area contributed by atoms with Gasteiger partial charge in [-0.1, -0.05) is 0 Å². The largest absolute Gasteiger partial charge is 0.401 e. The van der Waals surface area contributed by atoms with E-state index in [1.807, 2.05) is 6.92 Å². The average Bonchev–Trinajstić information content (AvgIpc) is 2.14. The molecular formula is C4H6N3OS+. The normalized spacial score (nSPS) is 9.44. The minimum Gasteiger partial charge on any atom is -0.359 e. The van der Waals surface area contributed by atoms with E-state index in [9.17, 15) is 4.79 Å². The van der Waals surface area contributed by atoms with Crippen LogP contribution in [0, 0.1) is 6.92 Å². The van der Waals surface area contributed by atoms with Gasteiger partial charge in [0, 0.05) is 11.3 Å². The minimum absolute atomic E-state index is 0.234. The van der Waals surface area contributed by atoms with Gasteiger partial charge in [-0.3, -0.25) is 4.79 Å². The van der Waals surface area contributed by atoms with E-state index in [1.54, 1.807) is 0 Å². The van der Waals surface area contributed by atoms with E-state index in [-0.39, 0.29) is 5.82 Å². The third kappa shape index (κ3) is 1.23. The lowest BCUT2D eigenvalue weighted by atomic mass is 10.6. The summed E-state index contributed by atoms with van der Waals surface area (Å²) >= 11 is 1.23. The van der Waals surface area contributed by atoms with Gasteiger partial charge in [-0.05, 0) is 0 Å². The van der Waals surface area contributed by atoms with Gasteiger partial charge < -0.3 is 5.73 Å². The lowest BCUT2D eigenvalue weighted by molar-refractivity contribution is -0.386. The number of aryl methyl sites for hydroxylation is 1. The molecule has 0 aliphatic heterocycles. The third-order valence-corrected chi connectivity index (χ3v) is 1.45. The highest BCUT2D eigenvalue weighted by Gasteiger charge is 2.14. The molecule has 0 atom stereocenters. The van der Waals surface area contributed by atoms with Crippen molar-refractivity contribution in [1.29, 1.82) is 0 Å². The van der Waals surface area contributed by atoms with E-state index in [2.05, 4.69) is 9.36 Å². The molecule has 4 nitrogen and oxygen atoms in total. The summed E-state index contributed by atoms with van der Waals surface area (Å²) < 4.78 is 3.73. The van der Waals surface area contributed by atoms with Crippen LogP contribution in [0.3, 0.4) is 0 Å². The van der Waals surface area contributed by atoms with E-state index in [0.717, 1.165) is 5.01 Å². The molecule has 5 heteroatoms. The summed E-state index contributed by atoms with van der Waals surface area (Å²) in [6.07, 6.45) is 0. The van der Waals surface area contributed by atoms with E-state index >= 15 is 0 Å². The standard InChI is InChI=1S/C4H5N3OS/c1-2-6-4(3(5)8)7-9-2/h1H3,(H2,5,8)/p+1. The van der Waals surface area contributed by atoms with Crippen LogP contribution < -0.4 is 10.7 Å². The van der Waals surface area contributed by atoms with Crippen molar-refractivity contribution in [2.75, 3.05) is 0 Å². The van der Waals surface area contributed by atoms with Crippen molar-refractivity contribution >= 4 is 17.4 Å². The van der Waals surface area contributed by atoms with E-state index < -0.39 is 5.91 Å². The van der Waals surface area contributed by atoms with E-state index in [4.69, 9.17) is 5.73 Å². The van der Waals surface area contributed by atoms with Crippen LogP contribution in [0.15, 0.2) is 0 Å². The molecular weight excluding hydrogens is 138 g/mol. The quantitative estimate of drug-likeness (QED) is 0.569. The Hall–Kier alpha value is -0.970. The summed E-state index contributed by atoms with van der Waals surface area (Å²) in [5, 5.41) is 0.879. The number of H-pyrrole nitrogens is 1. The molecule has 0 radical (unpaired) electrons. The highest BCUT2D eigenvalue weighted by Crippen LogP contribution is 1.93. The second kappa shape index (κ2) is 2.10. The molecule has 1 amide bonds. The molecule has 0 saturated heterocycles. The molecule has 0 spiro atoms. The van der Waals surface area contributed by atoms with Gasteiger partial charge >= 0.3 is 11.7 Å². The van der Waals surface area contributed by atoms with Gasteiger partial charge in [0.15, 0.2) is 5.01 Å². The summed E-state index contributed by atoms with van der Waals surface area (Å²) in [7, 11) is 0. The molecule has 1 heterocycles. The molecule has 3 N–H and O–H groups in total.